The Hall–Kier alpha value is -1.87. The van der Waals surface area contributed by atoms with Crippen LogP contribution in [0.2, 0.25) is 0 Å². The largest absolute Gasteiger partial charge is 0.456 e. The third-order valence-electron chi connectivity index (χ3n) is 2.66. The summed E-state index contributed by atoms with van der Waals surface area (Å²) in [6.07, 6.45) is 1.70. The monoisotopic (exact) mass is 242 g/mol. The zero-order valence-electron chi connectivity index (χ0n) is 11.0. The molecule has 2 N–H and O–H groups in total. The van der Waals surface area contributed by atoms with Gasteiger partial charge < -0.3 is 10.5 Å². The molecule has 2 rings (SSSR count). The number of aromatic nitrogens is 1. The van der Waals surface area contributed by atoms with Crippen LogP contribution in [0.15, 0.2) is 36.5 Å². The van der Waals surface area contributed by atoms with E-state index in [9.17, 15) is 0 Å². The van der Waals surface area contributed by atoms with E-state index in [-0.39, 0.29) is 6.04 Å². The molecule has 0 aliphatic heterocycles. The van der Waals surface area contributed by atoms with Gasteiger partial charge in [-0.3, -0.25) is 4.98 Å². The van der Waals surface area contributed by atoms with Gasteiger partial charge in [0.1, 0.15) is 11.5 Å². The zero-order valence-corrected chi connectivity index (χ0v) is 11.0. The molecule has 3 heteroatoms. The number of ether oxygens (including phenoxy) is 1. The number of aryl methyl sites for hydroxylation is 2. The van der Waals surface area contributed by atoms with E-state index >= 15 is 0 Å². The molecule has 0 radical (unpaired) electrons. The molecule has 0 spiro atoms. The Labute approximate surface area is 108 Å². The average Bonchev–Trinajstić information content (AvgIpc) is 2.28. The molecule has 1 heterocycles. The van der Waals surface area contributed by atoms with E-state index < -0.39 is 0 Å². The quantitative estimate of drug-likeness (QED) is 0.896. The van der Waals surface area contributed by atoms with Crippen LogP contribution in [0.1, 0.15) is 29.8 Å². The van der Waals surface area contributed by atoms with Gasteiger partial charge in [0.25, 0.3) is 0 Å². The molecule has 0 aliphatic rings. The molecule has 3 nitrogen and oxygen atoms in total. The highest BCUT2D eigenvalue weighted by Crippen LogP contribution is 2.23. The first kappa shape index (κ1) is 12.6. The van der Waals surface area contributed by atoms with E-state index in [1.807, 2.05) is 31.2 Å². The van der Waals surface area contributed by atoms with Crippen LogP contribution in [-0.4, -0.2) is 4.98 Å². The predicted molar refractivity (Wildman–Crippen MR) is 72.8 cm³/mol. The lowest BCUT2D eigenvalue weighted by Gasteiger charge is -2.09. The fourth-order valence-electron chi connectivity index (χ4n) is 1.85. The van der Waals surface area contributed by atoms with Crippen molar-refractivity contribution < 1.29 is 4.74 Å². The van der Waals surface area contributed by atoms with Gasteiger partial charge in [-0.15, -0.1) is 0 Å². The van der Waals surface area contributed by atoms with E-state index in [4.69, 9.17) is 10.5 Å². The van der Waals surface area contributed by atoms with Gasteiger partial charge in [-0.25, -0.2) is 0 Å². The van der Waals surface area contributed by atoms with E-state index in [2.05, 4.69) is 24.9 Å². The Balaban J connectivity index is 2.18. The second-order valence-electron chi connectivity index (χ2n) is 4.63. The lowest BCUT2D eigenvalue weighted by Crippen LogP contribution is -2.06. The number of pyridine rings is 1. The Morgan fingerprint density at radius 3 is 2.22 bits per heavy atom. The van der Waals surface area contributed by atoms with Crippen LogP contribution in [0.4, 0.5) is 0 Å². The van der Waals surface area contributed by atoms with Crippen molar-refractivity contribution in [2.75, 3.05) is 0 Å². The average molecular weight is 242 g/mol. The van der Waals surface area contributed by atoms with Crippen molar-refractivity contribution in [3.63, 3.8) is 0 Å². The van der Waals surface area contributed by atoms with Gasteiger partial charge in [-0.05, 0) is 56.2 Å². The van der Waals surface area contributed by atoms with Gasteiger partial charge in [-0.2, -0.15) is 0 Å². The first-order valence-electron chi connectivity index (χ1n) is 6.02. The van der Waals surface area contributed by atoms with Crippen molar-refractivity contribution in [2.24, 2.45) is 5.73 Å². The fraction of sp³-hybridized carbons (Fsp3) is 0.267. The summed E-state index contributed by atoms with van der Waals surface area (Å²) >= 11 is 0. The summed E-state index contributed by atoms with van der Waals surface area (Å²) in [6.45, 7) is 6.02. The third-order valence-corrected chi connectivity index (χ3v) is 2.66. The SMILES string of the molecule is Cc1cc(C)cc(Oc2ccc([C@@H](C)N)nc2)c1. The molecule has 0 fully saturated rings. The summed E-state index contributed by atoms with van der Waals surface area (Å²) in [6, 6.07) is 9.86. The van der Waals surface area contributed by atoms with Crippen LogP contribution in [0.25, 0.3) is 0 Å². The van der Waals surface area contributed by atoms with Crippen molar-refractivity contribution in [2.45, 2.75) is 26.8 Å². The summed E-state index contributed by atoms with van der Waals surface area (Å²) in [5.41, 5.74) is 8.99. The van der Waals surface area contributed by atoms with Crippen molar-refractivity contribution in [3.05, 3.63) is 53.3 Å². The smallest absolute Gasteiger partial charge is 0.145 e. The normalized spacial score (nSPS) is 12.2. The molecule has 0 amide bonds. The maximum atomic E-state index is 5.77. The molecule has 0 saturated heterocycles. The van der Waals surface area contributed by atoms with Crippen LogP contribution < -0.4 is 10.5 Å². The first-order valence-corrected chi connectivity index (χ1v) is 6.02. The first-order chi connectivity index (χ1) is 8.54. The van der Waals surface area contributed by atoms with E-state index in [0.29, 0.717) is 0 Å². The molecule has 0 bridgehead atoms. The molecular weight excluding hydrogens is 224 g/mol. The highest BCUT2D eigenvalue weighted by molar-refractivity contribution is 5.36. The standard InChI is InChI=1S/C15H18N2O/c1-10-6-11(2)8-14(7-10)18-13-4-5-15(12(3)16)17-9-13/h4-9,12H,16H2,1-3H3/t12-/m1/s1. The fourth-order valence-corrected chi connectivity index (χ4v) is 1.85. The van der Waals surface area contributed by atoms with Crippen molar-refractivity contribution in [1.82, 2.24) is 4.98 Å². The lowest BCUT2D eigenvalue weighted by atomic mass is 10.1. The van der Waals surface area contributed by atoms with Gasteiger partial charge in [0.15, 0.2) is 0 Å². The van der Waals surface area contributed by atoms with E-state index in [1.165, 1.54) is 11.1 Å². The summed E-state index contributed by atoms with van der Waals surface area (Å²) in [4.78, 5) is 4.27. The Morgan fingerprint density at radius 2 is 1.72 bits per heavy atom. The second-order valence-corrected chi connectivity index (χ2v) is 4.63. The van der Waals surface area contributed by atoms with Crippen LogP contribution in [-0.2, 0) is 0 Å². The lowest BCUT2D eigenvalue weighted by molar-refractivity contribution is 0.478. The number of nitrogens with zero attached hydrogens (tertiary/aromatic N) is 1. The molecule has 0 saturated carbocycles. The molecule has 2 aromatic rings. The number of hydrogen-bond donors (Lipinski definition) is 1. The van der Waals surface area contributed by atoms with E-state index in [1.54, 1.807) is 6.20 Å². The minimum absolute atomic E-state index is 0.0553. The summed E-state index contributed by atoms with van der Waals surface area (Å²) < 4.78 is 5.77. The molecule has 0 unspecified atom stereocenters. The van der Waals surface area contributed by atoms with Crippen LogP contribution in [0.3, 0.4) is 0 Å². The van der Waals surface area contributed by atoms with Gasteiger partial charge in [-0.1, -0.05) is 6.07 Å². The van der Waals surface area contributed by atoms with E-state index in [0.717, 1.165) is 17.2 Å². The molecule has 94 valence electrons. The van der Waals surface area contributed by atoms with Gasteiger partial charge in [0.2, 0.25) is 0 Å². The predicted octanol–water partition coefficient (Wildman–Crippen LogP) is 3.51. The topological polar surface area (TPSA) is 48.1 Å². The maximum Gasteiger partial charge on any atom is 0.145 e. The van der Waals surface area contributed by atoms with Crippen LogP contribution in [0, 0.1) is 13.8 Å². The Bertz CT molecular complexity index is 512. The Morgan fingerprint density at radius 1 is 1.06 bits per heavy atom. The summed E-state index contributed by atoms with van der Waals surface area (Å²) in [5.74, 6) is 1.56. The number of rotatable bonds is 3. The van der Waals surface area contributed by atoms with Gasteiger partial charge in [0.05, 0.1) is 11.9 Å². The summed E-state index contributed by atoms with van der Waals surface area (Å²) in [7, 11) is 0. The Kier molecular flexibility index (Phi) is 3.63. The highest BCUT2D eigenvalue weighted by atomic mass is 16.5. The molecular formula is C15H18N2O. The van der Waals surface area contributed by atoms with Gasteiger partial charge >= 0.3 is 0 Å². The molecule has 1 aromatic heterocycles. The molecule has 0 aliphatic carbocycles. The minimum atomic E-state index is -0.0553. The maximum absolute atomic E-state index is 5.77. The van der Waals surface area contributed by atoms with Crippen LogP contribution in [0.5, 0.6) is 11.5 Å². The highest BCUT2D eigenvalue weighted by Gasteiger charge is 2.03. The molecule has 18 heavy (non-hydrogen) atoms. The number of nitrogens with two attached hydrogens (primary N) is 1. The van der Waals surface area contributed by atoms with Crippen molar-refractivity contribution in [3.8, 4) is 11.5 Å². The van der Waals surface area contributed by atoms with Crippen molar-refractivity contribution in [1.29, 1.82) is 0 Å². The minimum Gasteiger partial charge on any atom is -0.456 e. The van der Waals surface area contributed by atoms with Crippen LogP contribution >= 0.6 is 0 Å². The summed E-state index contributed by atoms with van der Waals surface area (Å²) in [5, 5.41) is 0. The molecule has 1 aromatic carbocycles. The third kappa shape index (κ3) is 3.08. The van der Waals surface area contributed by atoms with Crippen molar-refractivity contribution >= 4 is 0 Å². The zero-order chi connectivity index (χ0) is 13.1. The van der Waals surface area contributed by atoms with Gasteiger partial charge in [0, 0.05) is 6.04 Å². The molecule has 1 atom stereocenters. The number of hydrogen-bond acceptors (Lipinski definition) is 3. The number of benzene rings is 1. The second kappa shape index (κ2) is 5.19.